The molecular weight excluding hydrogens is 474 g/mol. The number of fused-ring (bicyclic) bond motifs is 1. The number of anilines is 1. The van der Waals surface area contributed by atoms with Gasteiger partial charge in [-0.3, -0.25) is 4.79 Å². The number of nitrogens with one attached hydrogen (secondary N) is 1. The van der Waals surface area contributed by atoms with Crippen molar-refractivity contribution in [1.29, 1.82) is 0 Å². The zero-order valence-corrected chi connectivity index (χ0v) is 20.9. The summed E-state index contributed by atoms with van der Waals surface area (Å²) < 4.78 is 1.17. The van der Waals surface area contributed by atoms with Gasteiger partial charge in [0, 0.05) is 16.8 Å². The summed E-state index contributed by atoms with van der Waals surface area (Å²) in [6.07, 6.45) is 2.33. The Labute approximate surface area is 211 Å². The highest BCUT2D eigenvalue weighted by Crippen LogP contribution is 2.31. The largest absolute Gasteiger partial charge is 0.325 e. The summed E-state index contributed by atoms with van der Waals surface area (Å²) in [6.45, 7) is 4.06. The Kier molecular flexibility index (Phi) is 6.83. The Balaban J connectivity index is 1.24. The van der Waals surface area contributed by atoms with Crippen molar-refractivity contribution in [2.24, 2.45) is 0 Å². The van der Waals surface area contributed by atoms with Crippen LogP contribution < -0.4 is 5.32 Å². The van der Waals surface area contributed by atoms with E-state index in [4.69, 9.17) is 4.98 Å². The SMILES string of the molecule is CCC(Sc1ncc(-c2ccccc2)nn1)C(=O)Nc1ccc(-c2nc3ccc(C)cc3s2)cc1. The van der Waals surface area contributed by atoms with Crippen LogP contribution in [-0.2, 0) is 4.79 Å². The van der Waals surface area contributed by atoms with E-state index < -0.39 is 0 Å². The zero-order chi connectivity index (χ0) is 24.2. The molecule has 0 saturated heterocycles. The second kappa shape index (κ2) is 10.3. The summed E-state index contributed by atoms with van der Waals surface area (Å²) in [7, 11) is 0. The number of thiazole rings is 1. The van der Waals surface area contributed by atoms with E-state index in [2.05, 4.69) is 45.6 Å². The molecule has 0 spiro atoms. The number of hydrogen-bond acceptors (Lipinski definition) is 7. The molecule has 0 bridgehead atoms. The summed E-state index contributed by atoms with van der Waals surface area (Å²) >= 11 is 2.99. The van der Waals surface area contributed by atoms with Gasteiger partial charge in [-0.2, -0.15) is 0 Å². The molecule has 0 aliphatic rings. The second-order valence-electron chi connectivity index (χ2n) is 8.06. The van der Waals surface area contributed by atoms with Crippen LogP contribution in [0.5, 0.6) is 0 Å². The maximum Gasteiger partial charge on any atom is 0.237 e. The number of nitrogens with zero attached hydrogens (tertiary/aromatic N) is 4. The van der Waals surface area contributed by atoms with Gasteiger partial charge in [-0.05, 0) is 55.3 Å². The monoisotopic (exact) mass is 497 g/mol. The Bertz CT molecular complexity index is 1450. The Hall–Kier alpha value is -3.62. The third-order valence-electron chi connectivity index (χ3n) is 5.46. The van der Waals surface area contributed by atoms with Crippen LogP contribution >= 0.6 is 23.1 Å². The van der Waals surface area contributed by atoms with E-state index in [9.17, 15) is 4.79 Å². The molecule has 2 heterocycles. The van der Waals surface area contributed by atoms with Crippen molar-refractivity contribution >= 4 is 44.9 Å². The summed E-state index contributed by atoms with van der Waals surface area (Å²) in [5.41, 5.74) is 5.66. The summed E-state index contributed by atoms with van der Waals surface area (Å²) in [5, 5.41) is 12.6. The van der Waals surface area contributed by atoms with Gasteiger partial charge >= 0.3 is 0 Å². The van der Waals surface area contributed by atoms with Gasteiger partial charge in [0.1, 0.15) is 10.7 Å². The molecule has 35 heavy (non-hydrogen) atoms. The lowest BCUT2D eigenvalue weighted by atomic mass is 10.2. The van der Waals surface area contributed by atoms with Crippen LogP contribution in [0.15, 0.2) is 84.1 Å². The number of aromatic nitrogens is 4. The average Bonchev–Trinajstić information content (AvgIpc) is 3.32. The van der Waals surface area contributed by atoms with E-state index in [1.807, 2.05) is 61.5 Å². The lowest BCUT2D eigenvalue weighted by Gasteiger charge is -2.14. The minimum atomic E-state index is -0.327. The molecule has 5 rings (SSSR count). The first kappa shape index (κ1) is 23.1. The smallest absolute Gasteiger partial charge is 0.237 e. The summed E-state index contributed by atoms with van der Waals surface area (Å²) in [4.78, 5) is 22.1. The van der Waals surface area contributed by atoms with Crippen molar-refractivity contribution in [3.05, 3.63) is 84.6 Å². The van der Waals surface area contributed by atoms with E-state index in [-0.39, 0.29) is 11.2 Å². The van der Waals surface area contributed by atoms with Crippen molar-refractivity contribution in [2.75, 3.05) is 5.32 Å². The number of hydrogen-bond donors (Lipinski definition) is 1. The number of aryl methyl sites for hydroxylation is 1. The van der Waals surface area contributed by atoms with Gasteiger partial charge < -0.3 is 5.32 Å². The van der Waals surface area contributed by atoms with E-state index in [1.165, 1.54) is 22.0 Å². The number of rotatable bonds is 7. The van der Waals surface area contributed by atoms with E-state index >= 15 is 0 Å². The second-order valence-corrected chi connectivity index (χ2v) is 10.3. The third kappa shape index (κ3) is 5.39. The van der Waals surface area contributed by atoms with Crippen LogP contribution in [0.3, 0.4) is 0 Å². The lowest BCUT2D eigenvalue weighted by molar-refractivity contribution is -0.115. The maximum absolute atomic E-state index is 12.9. The fraction of sp³-hybridized carbons (Fsp3) is 0.148. The van der Waals surface area contributed by atoms with Gasteiger partial charge in [0.2, 0.25) is 11.1 Å². The molecule has 1 atom stereocenters. The summed E-state index contributed by atoms with van der Waals surface area (Å²) in [6, 6.07) is 23.9. The maximum atomic E-state index is 12.9. The molecular formula is C27H23N5OS2. The first-order valence-corrected chi connectivity index (χ1v) is 13.0. The van der Waals surface area contributed by atoms with E-state index in [1.54, 1.807) is 17.5 Å². The average molecular weight is 498 g/mol. The molecule has 1 unspecified atom stereocenters. The fourth-order valence-electron chi connectivity index (χ4n) is 3.58. The first-order chi connectivity index (χ1) is 17.1. The third-order valence-corrected chi connectivity index (χ3v) is 7.76. The van der Waals surface area contributed by atoms with Crippen LogP contribution in [0.2, 0.25) is 0 Å². The predicted molar refractivity (Wildman–Crippen MR) is 144 cm³/mol. The molecule has 6 nitrogen and oxygen atoms in total. The minimum absolute atomic E-state index is 0.0866. The fourth-order valence-corrected chi connectivity index (χ4v) is 5.44. The van der Waals surface area contributed by atoms with Gasteiger partial charge in [0.15, 0.2) is 0 Å². The Morgan fingerprint density at radius 3 is 2.51 bits per heavy atom. The molecule has 2 aromatic heterocycles. The molecule has 3 aromatic carbocycles. The number of benzene rings is 3. The molecule has 174 valence electrons. The highest BCUT2D eigenvalue weighted by molar-refractivity contribution is 8.00. The lowest BCUT2D eigenvalue weighted by Crippen LogP contribution is -2.24. The van der Waals surface area contributed by atoms with Crippen molar-refractivity contribution in [1.82, 2.24) is 20.2 Å². The number of carbonyl (C=O) groups is 1. The Morgan fingerprint density at radius 2 is 1.80 bits per heavy atom. The topological polar surface area (TPSA) is 80.7 Å². The quantitative estimate of drug-likeness (QED) is 0.254. The van der Waals surface area contributed by atoms with Crippen molar-refractivity contribution in [2.45, 2.75) is 30.7 Å². The highest BCUT2D eigenvalue weighted by Gasteiger charge is 2.20. The number of amides is 1. The molecule has 1 amide bonds. The van der Waals surface area contributed by atoms with Crippen LogP contribution in [0, 0.1) is 6.92 Å². The molecule has 0 aliphatic carbocycles. The predicted octanol–water partition coefficient (Wildman–Crippen LogP) is 6.63. The molecule has 0 fully saturated rings. The van der Waals surface area contributed by atoms with Crippen molar-refractivity contribution in [3.8, 4) is 21.8 Å². The normalized spacial score (nSPS) is 11.9. The number of thioether (sulfide) groups is 1. The van der Waals surface area contributed by atoms with E-state index in [0.29, 0.717) is 17.3 Å². The molecule has 5 aromatic rings. The zero-order valence-electron chi connectivity index (χ0n) is 19.3. The first-order valence-electron chi connectivity index (χ1n) is 11.3. The molecule has 8 heteroatoms. The Morgan fingerprint density at radius 1 is 1.00 bits per heavy atom. The van der Waals surface area contributed by atoms with Gasteiger partial charge in [0.25, 0.3) is 0 Å². The summed E-state index contributed by atoms with van der Waals surface area (Å²) in [5.74, 6) is -0.0866. The molecule has 1 N–H and O–H groups in total. The van der Waals surface area contributed by atoms with Gasteiger partial charge in [-0.1, -0.05) is 55.1 Å². The van der Waals surface area contributed by atoms with Crippen LogP contribution in [0.4, 0.5) is 5.69 Å². The molecule has 0 radical (unpaired) electrons. The van der Waals surface area contributed by atoms with Gasteiger partial charge in [0.05, 0.1) is 21.7 Å². The molecule has 0 aliphatic heterocycles. The number of carbonyl (C=O) groups excluding carboxylic acids is 1. The highest BCUT2D eigenvalue weighted by atomic mass is 32.2. The van der Waals surface area contributed by atoms with Crippen molar-refractivity contribution in [3.63, 3.8) is 0 Å². The standard InChI is InChI=1S/C27H23N5OS2/c1-3-23(35-27-28-16-22(31-32-27)18-7-5-4-6-8-18)25(33)29-20-12-10-19(11-13-20)26-30-21-14-9-17(2)15-24(21)34-26/h4-16,23H,3H2,1-2H3,(H,29,33). The van der Waals surface area contributed by atoms with Crippen LogP contribution in [0.25, 0.3) is 32.0 Å². The van der Waals surface area contributed by atoms with Crippen molar-refractivity contribution < 1.29 is 4.79 Å². The molecule has 0 saturated carbocycles. The van der Waals surface area contributed by atoms with Gasteiger partial charge in [-0.25, -0.2) is 9.97 Å². The van der Waals surface area contributed by atoms with Gasteiger partial charge in [-0.15, -0.1) is 21.5 Å². The minimum Gasteiger partial charge on any atom is -0.325 e. The van der Waals surface area contributed by atoms with E-state index in [0.717, 1.165) is 27.3 Å². The van der Waals surface area contributed by atoms with Crippen LogP contribution in [-0.4, -0.2) is 31.3 Å². The van der Waals surface area contributed by atoms with Crippen LogP contribution in [0.1, 0.15) is 18.9 Å².